The molecule has 0 spiro atoms. The minimum absolute atomic E-state index is 1.03. The van der Waals surface area contributed by atoms with Gasteiger partial charge >= 0.3 is 0 Å². The highest BCUT2D eigenvalue weighted by Gasteiger charge is 1.93. The third kappa shape index (κ3) is 3.04. The maximum Gasteiger partial charge on any atom is 0.0659 e. The Balaban J connectivity index is 2.17. The summed E-state index contributed by atoms with van der Waals surface area (Å²) >= 11 is 0. The standard InChI is InChI=1S/C16H17N/c1-3-14-8-10-15(11-9-14)12-17-16-7-5-4-6-13(16)2/h4-12H,3H2,1-2H3. The van der Waals surface area contributed by atoms with E-state index in [1.165, 1.54) is 11.1 Å². The zero-order valence-corrected chi connectivity index (χ0v) is 10.4. The Bertz CT molecular complexity index is 509. The molecular formula is C16H17N. The van der Waals surface area contributed by atoms with E-state index >= 15 is 0 Å². The van der Waals surface area contributed by atoms with Gasteiger partial charge in [-0.15, -0.1) is 0 Å². The van der Waals surface area contributed by atoms with E-state index in [-0.39, 0.29) is 0 Å². The first-order chi connectivity index (χ1) is 8.29. The second-order valence-corrected chi connectivity index (χ2v) is 4.14. The van der Waals surface area contributed by atoms with Crippen LogP contribution >= 0.6 is 0 Å². The Hall–Kier alpha value is -1.89. The summed E-state index contributed by atoms with van der Waals surface area (Å²) in [6, 6.07) is 16.7. The molecule has 2 rings (SSSR count). The molecule has 0 fully saturated rings. The molecule has 0 saturated carbocycles. The molecular weight excluding hydrogens is 206 g/mol. The lowest BCUT2D eigenvalue weighted by atomic mass is 10.1. The molecule has 1 heteroatoms. The smallest absolute Gasteiger partial charge is 0.0659 e. The molecule has 0 bridgehead atoms. The third-order valence-electron chi connectivity index (χ3n) is 2.86. The van der Waals surface area contributed by atoms with Crippen molar-refractivity contribution in [1.82, 2.24) is 0 Å². The third-order valence-corrected chi connectivity index (χ3v) is 2.86. The van der Waals surface area contributed by atoms with Gasteiger partial charge in [-0.1, -0.05) is 49.4 Å². The Morgan fingerprint density at radius 2 is 1.71 bits per heavy atom. The van der Waals surface area contributed by atoms with Gasteiger partial charge < -0.3 is 0 Å². The number of para-hydroxylation sites is 1. The summed E-state index contributed by atoms with van der Waals surface area (Å²) in [7, 11) is 0. The Labute approximate surface area is 103 Å². The highest BCUT2D eigenvalue weighted by atomic mass is 14.7. The van der Waals surface area contributed by atoms with Gasteiger partial charge in [-0.25, -0.2) is 0 Å². The van der Waals surface area contributed by atoms with Gasteiger partial charge in [0.25, 0.3) is 0 Å². The molecule has 17 heavy (non-hydrogen) atoms. The van der Waals surface area contributed by atoms with Crippen LogP contribution in [0.15, 0.2) is 53.5 Å². The van der Waals surface area contributed by atoms with Crippen molar-refractivity contribution in [3.05, 3.63) is 65.2 Å². The van der Waals surface area contributed by atoms with Crippen molar-refractivity contribution in [2.24, 2.45) is 4.99 Å². The van der Waals surface area contributed by atoms with Crippen LogP contribution in [0.4, 0.5) is 5.69 Å². The molecule has 0 atom stereocenters. The normalized spacial score (nSPS) is 10.9. The summed E-state index contributed by atoms with van der Waals surface area (Å²) in [5.41, 5.74) is 4.74. The summed E-state index contributed by atoms with van der Waals surface area (Å²) in [5.74, 6) is 0. The van der Waals surface area contributed by atoms with Gasteiger partial charge in [-0.05, 0) is 36.1 Å². The number of hydrogen-bond donors (Lipinski definition) is 0. The fraction of sp³-hybridized carbons (Fsp3) is 0.188. The molecule has 0 amide bonds. The monoisotopic (exact) mass is 223 g/mol. The summed E-state index contributed by atoms with van der Waals surface area (Å²) in [5, 5.41) is 0. The van der Waals surface area contributed by atoms with Gasteiger partial charge in [0.1, 0.15) is 0 Å². The highest BCUT2D eigenvalue weighted by molar-refractivity contribution is 5.82. The van der Waals surface area contributed by atoms with E-state index in [1.807, 2.05) is 24.4 Å². The zero-order valence-electron chi connectivity index (χ0n) is 10.4. The molecule has 0 aliphatic rings. The summed E-state index contributed by atoms with van der Waals surface area (Å²) in [6.07, 6.45) is 3.00. The van der Waals surface area contributed by atoms with E-state index in [1.54, 1.807) is 0 Å². The van der Waals surface area contributed by atoms with E-state index in [0.29, 0.717) is 0 Å². The van der Waals surface area contributed by atoms with Crippen LogP contribution in [-0.4, -0.2) is 6.21 Å². The zero-order chi connectivity index (χ0) is 12.1. The first-order valence-electron chi connectivity index (χ1n) is 5.98. The number of rotatable bonds is 3. The fourth-order valence-corrected chi connectivity index (χ4v) is 1.69. The Morgan fingerprint density at radius 1 is 1.00 bits per heavy atom. The van der Waals surface area contributed by atoms with Crippen LogP contribution in [0.1, 0.15) is 23.6 Å². The fourth-order valence-electron chi connectivity index (χ4n) is 1.69. The van der Waals surface area contributed by atoms with Crippen LogP contribution < -0.4 is 0 Å². The summed E-state index contributed by atoms with van der Waals surface area (Å²) < 4.78 is 0. The summed E-state index contributed by atoms with van der Waals surface area (Å²) in [4.78, 5) is 4.51. The van der Waals surface area contributed by atoms with Gasteiger partial charge in [0.15, 0.2) is 0 Å². The van der Waals surface area contributed by atoms with Crippen molar-refractivity contribution < 1.29 is 0 Å². The highest BCUT2D eigenvalue weighted by Crippen LogP contribution is 2.16. The molecule has 0 radical (unpaired) electrons. The van der Waals surface area contributed by atoms with Crippen molar-refractivity contribution >= 4 is 11.9 Å². The quantitative estimate of drug-likeness (QED) is 0.688. The topological polar surface area (TPSA) is 12.4 Å². The molecule has 0 N–H and O–H groups in total. The number of hydrogen-bond acceptors (Lipinski definition) is 1. The van der Waals surface area contributed by atoms with Crippen LogP contribution in [0.2, 0.25) is 0 Å². The average Bonchev–Trinajstić information content (AvgIpc) is 2.38. The van der Waals surface area contributed by atoms with E-state index in [0.717, 1.165) is 17.7 Å². The molecule has 2 aromatic carbocycles. The predicted octanol–water partition coefficient (Wildman–Crippen LogP) is 4.31. The molecule has 0 aromatic heterocycles. The SMILES string of the molecule is CCc1ccc(C=Nc2ccccc2C)cc1. The lowest BCUT2D eigenvalue weighted by molar-refractivity contribution is 1.14. The second kappa shape index (κ2) is 5.44. The van der Waals surface area contributed by atoms with Gasteiger partial charge in [0.05, 0.1) is 5.69 Å². The van der Waals surface area contributed by atoms with E-state index in [4.69, 9.17) is 0 Å². The number of aryl methyl sites for hydroxylation is 2. The maximum atomic E-state index is 4.51. The molecule has 0 saturated heterocycles. The minimum atomic E-state index is 1.03. The van der Waals surface area contributed by atoms with Crippen LogP contribution in [0.5, 0.6) is 0 Å². The summed E-state index contributed by atoms with van der Waals surface area (Å²) in [6.45, 7) is 4.24. The maximum absolute atomic E-state index is 4.51. The minimum Gasteiger partial charge on any atom is -0.256 e. The van der Waals surface area contributed by atoms with Crippen molar-refractivity contribution in [3.63, 3.8) is 0 Å². The molecule has 86 valence electrons. The van der Waals surface area contributed by atoms with Crippen molar-refractivity contribution in [3.8, 4) is 0 Å². The lowest BCUT2D eigenvalue weighted by Gasteiger charge is -1.99. The first kappa shape index (κ1) is 11.6. The number of nitrogens with zero attached hydrogens (tertiary/aromatic N) is 1. The van der Waals surface area contributed by atoms with Gasteiger partial charge in [-0.2, -0.15) is 0 Å². The van der Waals surface area contributed by atoms with E-state index in [2.05, 4.69) is 49.2 Å². The number of aliphatic imine (C=N–C) groups is 1. The van der Waals surface area contributed by atoms with E-state index in [9.17, 15) is 0 Å². The van der Waals surface area contributed by atoms with Crippen LogP contribution in [-0.2, 0) is 6.42 Å². The van der Waals surface area contributed by atoms with Gasteiger partial charge in [0, 0.05) is 6.21 Å². The molecule has 0 aliphatic carbocycles. The number of benzene rings is 2. The predicted molar refractivity (Wildman–Crippen MR) is 74.3 cm³/mol. The molecule has 1 nitrogen and oxygen atoms in total. The van der Waals surface area contributed by atoms with Crippen LogP contribution in [0.25, 0.3) is 0 Å². The molecule has 0 unspecified atom stereocenters. The lowest BCUT2D eigenvalue weighted by Crippen LogP contribution is -1.83. The Kier molecular flexibility index (Phi) is 3.71. The van der Waals surface area contributed by atoms with Gasteiger partial charge in [-0.3, -0.25) is 4.99 Å². The van der Waals surface area contributed by atoms with Crippen LogP contribution in [0.3, 0.4) is 0 Å². The largest absolute Gasteiger partial charge is 0.256 e. The van der Waals surface area contributed by atoms with Gasteiger partial charge in [0.2, 0.25) is 0 Å². The first-order valence-corrected chi connectivity index (χ1v) is 5.98. The molecule has 0 aliphatic heterocycles. The average molecular weight is 223 g/mol. The van der Waals surface area contributed by atoms with Crippen molar-refractivity contribution in [2.75, 3.05) is 0 Å². The second-order valence-electron chi connectivity index (χ2n) is 4.14. The molecule has 0 heterocycles. The van der Waals surface area contributed by atoms with E-state index < -0.39 is 0 Å². The Morgan fingerprint density at radius 3 is 2.35 bits per heavy atom. The van der Waals surface area contributed by atoms with Crippen LogP contribution in [0, 0.1) is 6.92 Å². The van der Waals surface area contributed by atoms with Crippen molar-refractivity contribution in [2.45, 2.75) is 20.3 Å². The van der Waals surface area contributed by atoms with Crippen molar-refractivity contribution in [1.29, 1.82) is 0 Å². The molecule has 2 aromatic rings.